The topological polar surface area (TPSA) is 55.6 Å². The van der Waals surface area contributed by atoms with Gasteiger partial charge in [0.05, 0.1) is 5.02 Å². The van der Waals surface area contributed by atoms with Crippen LogP contribution in [0.15, 0.2) is 12.1 Å². The number of rotatable bonds is 0. The van der Waals surface area contributed by atoms with E-state index in [-0.39, 0.29) is 17.6 Å². The zero-order valence-electron chi connectivity index (χ0n) is 12.5. The highest BCUT2D eigenvalue weighted by atomic mass is 35.5. The Balaban J connectivity index is 2.27. The molecule has 0 saturated heterocycles. The lowest BCUT2D eigenvalue weighted by Crippen LogP contribution is -2.36. The maximum Gasteiger partial charge on any atom is 0.410 e. The molecule has 0 radical (unpaired) electrons. The van der Waals surface area contributed by atoms with E-state index < -0.39 is 17.5 Å². The van der Waals surface area contributed by atoms with Crippen molar-refractivity contribution in [3.63, 3.8) is 0 Å². The highest BCUT2D eigenvalue weighted by Crippen LogP contribution is 2.30. The molecule has 0 aliphatic carbocycles. The van der Waals surface area contributed by atoms with Crippen LogP contribution < -0.4 is 5.73 Å². The van der Waals surface area contributed by atoms with Gasteiger partial charge in [-0.25, -0.2) is 9.18 Å². The fourth-order valence-corrected chi connectivity index (χ4v) is 2.48. The molecule has 1 aliphatic rings. The maximum absolute atomic E-state index is 13.7. The summed E-state index contributed by atoms with van der Waals surface area (Å²) in [5, 5.41) is 0.0509. The molecule has 0 bridgehead atoms. The Bertz CT molecular complexity index is 557. The van der Waals surface area contributed by atoms with Gasteiger partial charge in [0.15, 0.2) is 0 Å². The minimum atomic E-state index is -0.570. The summed E-state index contributed by atoms with van der Waals surface area (Å²) < 4.78 is 19.0. The fraction of sp³-hybridized carbons (Fsp3) is 0.533. The molecule has 2 rings (SSSR count). The second-order valence-electron chi connectivity index (χ2n) is 6.26. The average Bonchev–Trinajstić information content (AvgIpc) is 2.49. The maximum atomic E-state index is 13.7. The summed E-state index contributed by atoms with van der Waals surface area (Å²) in [4.78, 5) is 13.7. The number of amides is 1. The van der Waals surface area contributed by atoms with Crippen LogP contribution in [0.2, 0.25) is 5.02 Å². The monoisotopic (exact) mass is 314 g/mol. The van der Waals surface area contributed by atoms with E-state index in [2.05, 4.69) is 0 Å². The molecular formula is C15H20ClFN2O2. The summed E-state index contributed by atoms with van der Waals surface area (Å²) in [5.74, 6) is -0.506. The summed E-state index contributed by atoms with van der Waals surface area (Å²) in [5.41, 5.74) is 6.98. The molecule has 0 aromatic heterocycles. The summed E-state index contributed by atoms with van der Waals surface area (Å²) in [6.07, 6.45) is 0.159. The van der Waals surface area contributed by atoms with E-state index in [1.54, 1.807) is 11.0 Å². The van der Waals surface area contributed by atoms with Crippen LogP contribution in [0.5, 0.6) is 0 Å². The Hall–Kier alpha value is -1.33. The molecular weight excluding hydrogens is 295 g/mol. The van der Waals surface area contributed by atoms with Gasteiger partial charge in [0.25, 0.3) is 0 Å². The Kier molecular flexibility index (Phi) is 4.44. The number of carbonyl (C=O) groups excluding carboxylic acids is 1. The standard InChI is InChI=1S/C15H20ClFN2O2/c1-15(2,3)21-14(20)19-5-4-13(18)10-7-11(16)12(17)6-9(10)8-19/h6-7,13H,4-5,8,18H2,1-3H3. The molecule has 1 atom stereocenters. The molecule has 21 heavy (non-hydrogen) atoms. The van der Waals surface area contributed by atoms with Crippen LogP contribution in [0.25, 0.3) is 0 Å². The van der Waals surface area contributed by atoms with Crippen molar-refractivity contribution < 1.29 is 13.9 Å². The first-order chi connectivity index (χ1) is 9.67. The number of hydrogen-bond acceptors (Lipinski definition) is 3. The lowest BCUT2D eigenvalue weighted by molar-refractivity contribution is 0.0235. The highest BCUT2D eigenvalue weighted by molar-refractivity contribution is 6.30. The van der Waals surface area contributed by atoms with Crippen LogP contribution in [-0.4, -0.2) is 23.1 Å². The van der Waals surface area contributed by atoms with Crippen molar-refractivity contribution in [2.24, 2.45) is 5.73 Å². The SMILES string of the molecule is CC(C)(C)OC(=O)N1CCC(N)c2cc(Cl)c(F)cc2C1. The summed E-state index contributed by atoms with van der Waals surface area (Å²) >= 11 is 5.81. The molecule has 1 unspecified atom stereocenters. The van der Waals surface area contributed by atoms with E-state index in [9.17, 15) is 9.18 Å². The predicted octanol–water partition coefficient (Wildman–Crippen LogP) is 3.62. The largest absolute Gasteiger partial charge is 0.444 e. The van der Waals surface area contributed by atoms with Crippen LogP contribution in [-0.2, 0) is 11.3 Å². The second-order valence-corrected chi connectivity index (χ2v) is 6.67. The molecule has 116 valence electrons. The fourth-order valence-electron chi connectivity index (χ4n) is 2.30. The number of nitrogens with two attached hydrogens (primary N) is 1. The van der Waals surface area contributed by atoms with Gasteiger partial charge in [-0.3, -0.25) is 0 Å². The molecule has 0 spiro atoms. The van der Waals surface area contributed by atoms with Crippen molar-refractivity contribution in [3.05, 3.63) is 34.1 Å². The quantitative estimate of drug-likeness (QED) is 0.795. The van der Waals surface area contributed by atoms with E-state index in [0.717, 1.165) is 5.56 Å². The Morgan fingerprint density at radius 2 is 2.14 bits per heavy atom. The second kappa shape index (κ2) is 5.81. The summed E-state index contributed by atoms with van der Waals surface area (Å²) in [7, 11) is 0. The molecule has 2 N–H and O–H groups in total. The van der Waals surface area contributed by atoms with Crippen LogP contribution >= 0.6 is 11.6 Å². The minimum Gasteiger partial charge on any atom is -0.444 e. The third-order valence-corrected chi connectivity index (χ3v) is 3.59. The zero-order valence-corrected chi connectivity index (χ0v) is 13.2. The molecule has 1 heterocycles. The smallest absolute Gasteiger partial charge is 0.410 e. The molecule has 0 saturated carbocycles. The third-order valence-electron chi connectivity index (χ3n) is 3.30. The van der Waals surface area contributed by atoms with Crippen molar-refractivity contribution >= 4 is 17.7 Å². The molecule has 1 aromatic rings. The van der Waals surface area contributed by atoms with Gasteiger partial charge in [-0.1, -0.05) is 11.6 Å². The van der Waals surface area contributed by atoms with E-state index >= 15 is 0 Å². The normalized spacial score (nSPS) is 19.0. The molecule has 1 aliphatic heterocycles. The summed E-state index contributed by atoms with van der Waals surface area (Å²) in [6, 6.07) is 2.63. The minimum absolute atomic E-state index is 0.0509. The van der Waals surface area contributed by atoms with Crippen molar-refractivity contribution in [1.29, 1.82) is 0 Å². The van der Waals surface area contributed by atoms with Gasteiger partial charge in [0.1, 0.15) is 11.4 Å². The van der Waals surface area contributed by atoms with Crippen LogP contribution in [0, 0.1) is 5.82 Å². The molecule has 0 fully saturated rings. The zero-order chi connectivity index (χ0) is 15.8. The first kappa shape index (κ1) is 16.0. The third kappa shape index (κ3) is 3.86. The first-order valence-corrected chi connectivity index (χ1v) is 7.26. The van der Waals surface area contributed by atoms with Gasteiger partial charge in [-0.05, 0) is 50.5 Å². The van der Waals surface area contributed by atoms with Crippen molar-refractivity contribution in [1.82, 2.24) is 4.90 Å². The molecule has 6 heteroatoms. The summed E-state index contributed by atoms with van der Waals surface area (Å²) in [6.45, 7) is 6.15. The number of hydrogen-bond donors (Lipinski definition) is 1. The van der Waals surface area contributed by atoms with E-state index in [1.807, 2.05) is 20.8 Å². The van der Waals surface area contributed by atoms with Gasteiger partial charge >= 0.3 is 6.09 Å². The van der Waals surface area contributed by atoms with Gasteiger partial charge in [0.2, 0.25) is 0 Å². The molecule has 4 nitrogen and oxygen atoms in total. The Labute approximate surface area is 129 Å². The van der Waals surface area contributed by atoms with Crippen LogP contribution in [0.4, 0.5) is 9.18 Å². The number of nitrogens with zero attached hydrogens (tertiary/aromatic N) is 1. The number of carbonyl (C=O) groups is 1. The van der Waals surface area contributed by atoms with Crippen LogP contribution in [0.3, 0.4) is 0 Å². The van der Waals surface area contributed by atoms with E-state index in [0.29, 0.717) is 18.5 Å². The Morgan fingerprint density at radius 1 is 1.48 bits per heavy atom. The lowest BCUT2D eigenvalue weighted by atomic mass is 10.00. The molecule has 1 amide bonds. The number of fused-ring (bicyclic) bond motifs is 1. The van der Waals surface area contributed by atoms with E-state index in [1.165, 1.54) is 6.07 Å². The van der Waals surface area contributed by atoms with Gasteiger partial charge < -0.3 is 15.4 Å². The van der Waals surface area contributed by atoms with Crippen molar-refractivity contribution in [2.75, 3.05) is 6.54 Å². The lowest BCUT2D eigenvalue weighted by Gasteiger charge is -2.26. The highest BCUT2D eigenvalue weighted by Gasteiger charge is 2.27. The number of benzene rings is 1. The number of ether oxygens (including phenoxy) is 1. The van der Waals surface area contributed by atoms with Gasteiger partial charge in [-0.15, -0.1) is 0 Å². The van der Waals surface area contributed by atoms with Gasteiger partial charge in [0, 0.05) is 19.1 Å². The predicted molar refractivity (Wildman–Crippen MR) is 79.6 cm³/mol. The average molecular weight is 315 g/mol. The molecule has 1 aromatic carbocycles. The van der Waals surface area contributed by atoms with Crippen molar-refractivity contribution in [2.45, 2.75) is 45.4 Å². The van der Waals surface area contributed by atoms with E-state index in [4.69, 9.17) is 22.1 Å². The van der Waals surface area contributed by atoms with Crippen LogP contribution in [0.1, 0.15) is 44.4 Å². The Morgan fingerprint density at radius 3 is 2.76 bits per heavy atom. The van der Waals surface area contributed by atoms with Crippen molar-refractivity contribution in [3.8, 4) is 0 Å². The van der Waals surface area contributed by atoms with Gasteiger partial charge in [-0.2, -0.15) is 0 Å². The first-order valence-electron chi connectivity index (χ1n) is 6.88. The number of halogens is 2.